The van der Waals surface area contributed by atoms with Crippen molar-refractivity contribution in [1.82, 2.24) is 15.2 Å². The number of alkyl carbamates (subject to hydrolysis) is 1. The maximum atomic E-state index is 12.5. The van der Waals surface area contributed by atoms with E-state index in [9.17, 15) is 9.59 Å². The Hall–Kier alpha value is -2.53. The van der Waals surface area contributed by atoms with E-state index in [1.54, 1.807) is 7.11 Å². The van der Waals surface area contributed by atoms with Crippen molar-refractivity contribution < 1.29 is 19.1 Å². The summed E-state index contributed by atoms with van der Waals surface area (Å²) in [6, 6.07) is 1.96. The fourth-order valence-electron chi connectivity index (χ4n) is 4.60. The number of amidine groups is 1. The Morgan fingerprint density at radius 3 is 2.67 bits per heavy atom. The molecule has 11 heteroatoms. The number of aliphatic imine (C=N–C) groups is 1. The van der Waals surface area contributed by atoms with E-state index < -0.39 is 11.7 Å². The van der Waals surface area contributed by atoms with Gasteiger partial charge in [-0.2, -0.15) is 0 Å². The quantitative estimate of drug-likeness (QED) is 0.588. The second-order valence-corrected chi connectivity index (χ2v) is 11.7. The molecule has 2 amide bonds. The largest absolute Gasteiger partial charge is 0.444 e. The number of hydrogen-bond donors (Lipinski definition) is 2. The van der Waals surface area contributed by atoms with Crippen molar-refractivity contribution in [3.63, 3.8) is 0 Å². The zero-order valence-corrected chi connectivity index (χ0v) is 22.7. The first-order valence-electron chi connectivity index (χ1n) is 12.6. The van der Waals surface area contributed by atoms with Gasteiger partial charge in [0.2, 0.25) is 5.91 Å². The van der Waals surface area contributed by atoms with E-state index >= 15 is 0 Å². The third kappa shape index (κ3) is 6.42. The summed E-state index contributed by atoms with van der Waals surface area (Å²) in [5, 5.41) is 3.32. The highest BCUT2D eigenvalue weighted by atomic mass is 32.2. The summed E-state index contributed by atoms with van der Waals surface area (Å²) >= 11 is 1.50. The molecule has 3 aliphatic rings. The number of carbonyl (C=O) groups is 2. The number of ether oxygens (including phenoxy) is 2. The zero-order valence-electron chi connectivity index (χ0n) is 21.9. The summed E-state index contributed by atoms with van der Waals surface area (Å²) in [6.07, 6.45) is 2.10. The van der Waals surface area contributed by atoms with Gasteiger partial charge in [-0.25, -0.2) is 9.78 Å². The van der Waals surface area contributed by atoms with Crippen LogP contribution in [0.3, 0.4) is 0 Å². The number of anilines is 2. The van der Waals surface area contributed by atoms with E-state index in [1.807, 2.05) is 31.7 Å². The van der Waals surface area contributed by atoms with Crippen LogP contribution in [0.15, 0.2) is 11.1 Å². The van der Waals surface area contributed by atoms with Gasteiger partial charge in [-0.05, 0) is 46.6 Å². The molecule has 1 saturated heterocycles. The number of nitrogens with zero attached hydrogens (tertiary/aromatic N) is 4. The number of nitrogens with two attached hydrogens (primary N) is 1. The van der Waals surface area contributed by atoms with Gasteiger partial charge in [-0.3, -0.25) is 15.1 Å². The van der Waals surface area contributed by atoms with Crippen molar-refractivity contribution in [1.29, 1.82) is 0 Å². The van der Waals surface area contributed by atoms with Gasteiger partial charge in [0, 0.05) is 50.0 Å². The lowest BCUT2D eigenvalue weighted by Gasteiger charge is -2.41. The molecule has 0 radical (unpaired) electrons. The van der Waals surface area contributed by atoms with Crippen LogP contribution in [-0.2, 0) is 14.3 Å². The number of amides is 2. The summed E-state index contributed by atoms with van der Waals surface area (Å²) < 4.78 is 10.4. The minimum atomic E-state index is -0.569. The number of methoxy groups -OCH3 is 1. The number of rotatable bonds is 6. The highest BCUT2D eigenvalue weighted by Crippen LogP contribution is 2.46. The first-order chi connectivity index (χ1) is 17.1. The minimum Gasteiger partial charge on any atom is -0.444 e. The van der Waals surface area contributed by atoms with Crippen LogP contribution in [-0.4, -0.2) is 77.8 Å². The smallest absolute Gasteiger partial charge is 0.413 e. The van der Waals surface area contributed by atoms with Crippen LogP contribution in [0.2, 0.25) is 0 Å². The second kappa shape index (κ2) is 10.8. The fraction of sp³-hybridized carbons (Fsp3) is 0.680. The number of aromatic nitrogens is 1. The van der Waals surface area contributed by atoms with Gasteiger partial charge in [0.15, 0.2) is 11.0 Å². The lowest BCUT2D eigenvalue weighted by atomic mass is 10.0. The molecular weight excluding hydrogens is 480 g/mol. The van der Waals surface area contributed by atoms with Crippen LogP contribution in [0.25, 0.3) is 0 Å². The Morgan fingerprint density at radius 2 is 2.03 bits per heavy atom. The molecule has 3 heterocycles. The average Bonchev–Trinajstić information content (AvgIpc) is 3.54. The Labute approximate surface area is 217 Å². The Morgan fingerprint density at radius 1 is 1.28 bits per heavy atom. The summed E-state index contributed by atoms with van der Waals surface area (Å²) in [6.45, 7) is 9.99. The van der Waals surface area contributed by atoms with Gasteiger partial charge in [0.05, 0.1) is 30.5 Å². The molecule has 0 spiro atoms. The number of pyridine rings is 1. The number of piperazine rings is 1. The van der Waals surface area contributed by atoms with E-state index in [4.69, 9.17) is 25.2 Å². The molecule has 1 aromatic rings. The minimum absolute atomic E-state index is 0.0608. The maximum absolute atomic E-state index is 12.5. The first-order valence-corrected chi connectivity index (χ1v) is 13.6. The lowest BCUT2D eigenvalue weighted by Crippen LogP contribution is -2.54. The van der Waals surface area contributed by atoms with Crippen LogP contribution < -0.4 is 16.0 Å². The maximum Gasteiger partial charge on any atom is 0.413 e. The number of carbonyl (C=O) groups excluding carboxylic acids is 2. The molecule has 2 atom stereocenters. The Balaban J connectivity index is 1.49. The molecule has 4 rings (SSSR count). The van der Waals surface area contributed by atoms with Crippen LogP contribution in [0.4, 0.5) is 16.3 Å². The van der Waals surface area contributed by atoms with Crippen molar-refractivity contribution >= 4 is 40.4 Å². The molecule has 10 nitrogen and oxygen atoms in total. The number of nitrogens with one attached hydrogen (secondary N) is 1. The molecule has 0 bridgehead atoms. The van der Waals surface area contributed by atoms with Crippen molar-refractivity contribution in [2.75, 3.05) is 49.7 Å². The number of thioether (sulfide) groups is 1. The van der Waals surface area contributed by atoms with E-state index in [2.05, 4.69) is 17.1 Å². The third-order valence-electron chi connectivity index (χ3n) is 6.44. The van der Waals surface area contributed by atoms with E-state index in [0.717, 1.165) is 29.9 Å². The molecule has 1 aromatic heterocycles. The van der Waals surface area contributed by atoms with Crippen LogP contribution in [0, 0.1) is 0 Å². The highest BCUT2D eigenvalue weighted by molar-refractivity contribution is 8.14. The second-order valence-electron chi connectivity index (χ2n) is 10.7. The topological polar surface area (TPSA) is 122 Å². The predicted octanol–water partition coefficient (Wildman–Crippen LogP) is 3.28. The van der Waals surface area contributed by atoms with E-state index in [-0.39, 0.29) is 18.0 Å². The molecule has 1 saturated carbocycles. The molecule has 2 aliphatic heterocycles. The van der Waals surface area contributed by atoms with Gasteiger partial charge < -0.3 is 25.0 Å². The van der Waals surface area contributed by atoms with Crippen LogP contribution >= 0.6 is 11.8 Å². The normalized spacial score (nSPS) is 22.4. The van der Waals surface area contributed by atoms with Crippen molar-refractivity contribution in [2.24, 2.45) is 4.99 Å². The zero-order chi connectivity index (χ0) is 26.0. The fourth-order valence-corrected chi connectivity index (χ4v) is 5.53. The molecule has 36 heavy (non-hydrogen) atoms. The lowest BCUT2D eigenvalue weighted by molar-refractivity contribution is -0.134. The highest BCUT2D eigenvalue weighted by Gasteiger charge is 2.35. The Kier molecular flexibility index (Phi) is 7.99. The molecule has 1 aliphatic carbocycles. The van der Waals surface area contributed by atoms with Gasteiger partial charge in [0.1, 0.15) is 5.60 Å². The van der Waals surface area contributed by atoms with Gasteiger partial charge in [0.25, 0.3) is 0 Å². The van der Waals surface area contributed by atoms with Crippen molar-refractivity contribution in [3.8, 4) is 0 Å². The number of hydrogen-bond acceptors (Lipinski definition) is 9. The van der Waals surface area contributed by atoms with Crippen molar-refractivity contribution in [3.05, 3.63) is 17.3 Å². The van der Waals surface area contributed by atoms with E-state index in [1.165, 1.54) is 11.8 Å². The summed E-state index contributed by atoms with van der Waals surface area (Å²) in [7, 11) is 1.61. The van der Waals surface area contributed by atoms with Crippen molar-refractivity contribution in [2.45, 2.75) is 70.6 Å². The molecule has 1 unspecified atom stereocenters. The number of nitrogen functional groups attached to an aromatic ring is 1. The van der Waals surface area contributed by atoms with Gasteiger partial charge >= 0.3 is 6.09 Å². The monoisotopic (exact) mass is 518 g/mol. The Bertz CT molecular complexity index is 1020. The standard InChI is InChI=1S/C25H38N6O4S/c1-15-13-30(9-10-31(15)20(32)8-11-34-5)22-18(26)12-17(21(28-22)16-6-7-16)19-14-36-23(27-19)29-24(33)35-25(2,3)4/h12,15-16,19H,6-11,13-14,26H2,1-5H3,(H,27,29,33)/t15-,19?/m1/s1. The first kappa shape index (κ1) is 26.5. The SMILES string of the molecule is COCCC(=O)N1CCN(c2nc(C3CC3)c(C3CSC(NC(=O)OC(C)(C)C)=N3)cc2N)C[C@H]1C. The average molecular weight is 519 g/mol. The molecule has 3 N–H and O–H groups in total. The van der Waals surface area contributed by atoms with Crippen LogP contribution in [0.5, 0.6) is 0 Å². The third-order valence-corrected chi connectivity index (χ3v) is 7.40. The predicted molar refractivity (Wildman–Crippen MR) is 143 cm³/mol. The summed E-state index contributed by atoms with van der Waals surface area (Å²) in [5.74, 6) is 2.03. The summed E-state index contributed by atoms with van der Waals surface area (Å²) in [5.41, 5.74) is 8.69. The molecule has 2 fully saturated rings. The molecule has 0 aromatic carbocycles. The summed E-state index contributed by atoms with van der Waals surface area (Å²) in [4.78, 5) is 38.6. The van der Waals surface area contributed by atoms with Crippen LogP contribution in [0.1, 0.15) is 70.2 Å². The molecular formula is C25H38N6O4S. The molecule has 198 valence electrons. The van der Waals surface area contributed by atoms with E-state index in [0.29, 0.717) is 55.2 Å². The van der Waals surface area contributed by atoms with Gasteiger partial charge in [-0.1, -0.05) is 11.8 Å². The van der Waals surface area contributed by atoms with Gasteiger partial charge in [-0.15, -0.1) is 0 Å².